The zero-order valence-corrected chi connectivity index (χ0v) is 22.5. The normalized spacial score (nSPS) is 12.0. The Balaban J connectivity index is 1.59. The lowest BCUT2D eigenvalue weighted by molar-refractivity contribution is -0.139. The standard InChI is InChI=1S/C30H23Cl2N3O4/c1-16-18-7-3-4-11-24(18)35(2)29(37)25(16)19-13-12-17(27-20(19)8-6-14-33-27)15-23(30(38)39)34-28(36)26-21(31)9-5-10-22(26)32/h3-14,23H,15H2,1-2H3,(H,34,36)(H,38,39)/t23-/m0/s1. The molecule has 1 amide bonds. The van der Waals surface area contributed by atoms with Gasteiger partial charge in [-0.2, -0.15) is 0 Å². The van der Waals surface area contributed by atoms with Crippen LogP contribution in [-0.4, -0.2) is 32.6 Å². The minimum absolute atomic E-state index is 0.00744. The highest BCUT2D eigenvalue weighted by molar-refractivity contribution is 6.39. The molecule has 2 aromatic heterocycles. The molecule has 39 heavy (non-hydrogen) atoms. The molecule has 5 rings (SSSR count). The number of benzene rings is 3. The van der Waals surface area contributed by atoms with Gasteiger partial charge in [-0.05, 0) is 47.9 Å². The largest absolute Gasteiger partial charge is 0.480 e. The molecule has 3 aromatic carbocycles. The molecule has 1 atom stereocenters. The van der Waals surface area contributed by atoms with Crippen LogP contribution in [0.25, 0.3) is 32.9 Å². The van der Waals surface area contributed by atoms with Gasteiger partial charge < -0.3 is 15.0 Å². The van der Waals surface area contributed by atoms with Crippen LogP contribution in [0, 0.1) is 6.92 Å². The summed E-state index contributed by atoms with van der Waals surface area (Å²) in [6, 6.07) is 18.2. The minimum atomic E-state index is -1.28. The fraction of sp³-hybridized carbons (Fsp3) is 0.133. The number of fused-ring (bicyclic) bond motifs is 2. The number of para-hydroxylation sites is 1. The predicted molar refractivity (Wildman–Crippen MR) is 154 cm³/mol. The van der Waals surface area contributed by atoms with Crippen molar-refractivity contribution in [2.24, 2.45) is 7.05 Å². The third-order valence-corrected chi connectivity index (χ3v) is 7.53. The summed E-state index contributed by atoms with van der Waals surface area (Å²) in [6.07, 6.45) is 1.56. The summed E-state index contributed by atoms with van der Waals surface area (Å²) in [6.45, 7) is 1.92. The third-order valence-electron chi connectivity index (χ3n) is 6.90. The number of nitrogens with one attached hydrogen (secondary N) is 1. The number of halogens is 2. The summed E-state index contributed by atoms with van der Waals surface area (Å²) < 4.78 is 1.63. The van der Waals surface area contributed by atoms with E-state index < -0.39 is 17.9 Å². The number of aromatic nitrogens is 2. The molecule has 0 saturated carbocycles. The molecule has 9 heteroatoms. The van der Waals surface area contributed by atoms with Gasteiger partial charge in [-0.3, -0.25) is 14.6 Å². The Morgan fingerprint density at radius 3 is 2.38 bits per heavy atom. The van der Waals surface area contributed by atoms with Gasteiger partial charge in [0.15, 0.2) is 0 Å². The van der Waals surface area contributed by atoms with Gasteiger partial charge >= 0.3 is 5.97 Å². The first-order chi connectivity index (χ1) is 18.7. The van der Waals surface area contributed by atoms with Crippen molar-refractivity contribution in [1.82, 2.24) is 14.9 Å². The first-order valence-electron chi connectivity index (χ1n) is 12.1. The molecule has 0 aliphatic heterocycles. The molecule has 0 bridgehead atoms. The zero-order chi connectivity index (χ0) is 27.8. The third kappa shape index (κ3) is 4.75. The quantitative estimate of drug-likeness (QED) is 0.274. The number of carboxylic acid groups (broad SMARTS) is 1. The second-order valence-electron chi connectivity index (χ2n) is 9.22. The zero-order valence-electron chi connectivity index (χ0n) is 21.0. The Labute approximate surface area is 233 Å². The van der Waals surface area contributed by atoms with Gasteiger partial charge in [0.25, 0.3) is 11.5 Å². The summed E-state index contributed by atoms with van der Waals surface area (Å²) in [4.78, 5) is 43.1. The maximum Gasteiger partial charge on any atom is 0.326 e. The highest BCUT2D eigenvalue weighted by Gasteiger charge is 2.25. The van der Waals surface area contributed by atoms with Crippen LogP contribution in [0.5, 0.6) is 0 Å². The van der Waals surface area contributed by atoms with Crippen LogP contribution in [0.15, 0.2) is 77.7 Å². The van der Waals surface area contributed by atoms with E-state index in [1.54, 1.807) is 36.0 Å². The van der Waals surface area contributed by atoms with Crippen LogP contribution < -0.4 is 10.9 Å². The van der Waals surface area contributed by atoms with Crippen molar-refractivity contribution in [3.8, 4) is 11.1 Å². The lowest BCUT2D eigenvalue weighted by atomic mass is 9.92. The van der Waals surface area contributed by atoms with E-state index in [4.69, 9.17) is 23.2 Å². The monoisotopic (exact) mass is 559 g/mol. The fourth-order valence-electron chi connectivity index (χ4n) is 4.95. The van der Waals surface area contributed by atoms with Crippen LogP contribution in [0.3, 0.4) is 0 Å². The van der Waals surface area contributed by atoms with Gasteiger partial charge in [0.2, 0.25) is 0 Å². The lowest BCUT2D eigenvalue weighted by Crippen LogP contribution is -2.42. The van der Waals surface area contributed by atoms with Crippen LogP contribution in [0.4, 0.5) is 0 Å². The number of nitrogens with zero attached hydrogens (tertiary/aromatic N) is 2. The molecule has 2 heterocycles. The van der Waals surface area contributed by atoms with Crippen LogP contribution >= 0.6 is 23.2 Å². The number of carboxylic acids is 1. The fourth-order valence-corrected chi connectivity index (χ4v) is 5.52. The van der Waals surface area contributed by atoms with Gasteiger partial charge in [-0.25, -0.2) is 4.79 Å². The van der Waals surface area contributed by atoms with Crippen molar-refractivity contribution in [3.63, 3.8) is 0 Å². The van der Waals surface area contributed by atoms with E-state index in [1.165, 1.54) is 12.1 Å². The molecule has 7 nitrogen and oxygen atoms in total. The number of hydrogen-bond donors (Lipinski definition) is 2. The van der Waals surface area contributed by atoms with E-state index in [0.717, 1.165) is 16.5 Å². The maximum absolute atomic E-state index is 13.5. The molecule has 0 aliphatic rings. The van der Waals surface area contributed by atoms with E-state index in [1.807, 2.05) is 43.3 Å². The number of aryl methyl sites for hydroxylation is 2. The highest BCUT2D eigenvalue weighted by atomic mass is 35.5. The van der Waals surface area contributed by atoms with E-state index in [-0.39, 0.29) is 27.6 Å². The average Bonchev–Trinajstić information content (AvgIpc) is 2.92. The Bertz CT molecular complexity index is 1830. The first kappa shape index (κ1) is 26.4. The molecule has 0 spiro atoms. The van der Waals surface area contributed by atoms with Gasteiger partial charge in [-0.1, -0.05) is 65.7 Å². The van der Waals surface area contributed by atoms with Crippen molar-refractivity contribution in [2.75, 3.05) is 0 Å². The maximum atomic E-state index is 13.5. The lowest BCUT2D eigenvalue weighted by Gasteiger charge is -2.18. The average molecular weight is 560 g/mol. The number of amides is 1. The van der Waals surface area contributed by atoms with Crippen molar-refractivity contribution in [2.45, 2.75) is 19.4 Å². The SMILES string of the molecule is Cc1c(-c2ccc(C[C@H](NC(=O)c3c(Cl)cccc3Cl)C(=O)O)c3ncccc23)c(=O)n(C)c2ccccc12. The van der Waals surface area contributed by atoms with Gasteiger partial charge in [-0.15, -0.1) is 0 Å². The van der Waals surface area contributed by atoms with Crippen LogP contribution in [-0.2, 0) is 18.3 Å². The summed E-state index contributed by atoms with van der Waals surface area (Å²) >= 11 is 12.3. The molecule has 2 N–H and O–H groups in total. The molecule has 0 fully saturated rings. The second kappa shape index (κ2) is 10.5. The summed E-state index contributed by atoms with van der Waals surface area (Å²) in [5.74, 6) is -1.92. The Hall–Kier alpha value is -4.20. The number of pyridine rings is 2. The Morgan fingerprint density at radius 2 is 1.67 bits per heavy atom. The minimum Gasteiger partial charge on any atom is -0.480 e. The Morgan fingerprint density at radius 1 is 0.974 bits per heavy atom. The number of carbonyl (C=O) groups excluding carboxylic acids is 1. The van der Waals surface area contributed by atoms with Crippen molar-refractivity contribution in [3.05, 3.63) is 110 Å². The van der Waals surface area contributed by atoms with Crippen LogP contribution in [0.2, 0.25) is 10.0 Å². The van der Waals surface area contributed by atoms with E-state index >= 15 is 0 Å². The van der Waals surface area contributed by atoms with Crippen molar-refractivity contribution < 1.29 is 14.7 Å². The molecular formula is C30H23Cl2N3O4. The number of carbonyl (C=O) groups is 2. The van der Waals surface area contributed by atoms with Crippen LogP contribution in [0.1, 0.15) is 21.5 Å². The molecule has 0 unspecified atom stereocenters. The molecular weight excluding hydrogens is 537 g/mol. The van der Waals surface area contributed by atoms with Gasteiger partial charge in [0.05, 0.1) is 32.2 Å². The predicted octanol–water partition coefficient (Wildman–Crippen LogP) is 5.79. The molecule has 5 aromatic rings. The number of hydrogen-bond acceptors (Lipinski definition) is 4. The molecule has 0 aliphatic carbocycles. The number of rotatable bonds is 6. The molecule has 0 radical (unpaired) electrons. The Kier molecular flexibility index (Phi) is 7.12. The first-order valence-corrected chi connectivity index (χ1v) is 12.9. The van der Waals surface area contributed by atoms with E-state index in [9.17, 15) is 19.5 Å². The summed E-state index contributed by atoms with van der Waals surface area (Å²) in [7, 11) is 1.74. The number of aliphatic carboxylic acids is 1. The summed E-state index contributed by atoms with van der Waals surface area (Å²) in [5.41, 5.74) is 3.94. The molecule has 0 saturated heterocycles. The highest BCUT2D eigenvalue weighted by Crippen LogP contribution is 2.33. The second-order valence-corrected chi connectivity index (χ2v) is 10.0. The smallest absolute Gasteiger partial charge is 0.326 e. The molecule has 196 valence electrons. The van der Waals surface area contributed by atoms with E-state index in [2.05, 4.69) is 10.3 Å². The summed E-state index contributed by atoms with van der Waals surface area (Å²) in [5, 5.41) is 14.4. The van der Waals surface area contributed by atoms with Gasteiger partial charge in [0, 0.05) is 30.4 Å². The van der Waals surface area contributed by atoms with E-state index in [0.29, 0.717) is 27.6 Å². The topological polar surface area (TPSA) is 101 Å². The van der Waals surface area contributed by atoms with Crippen molar-refractivity contribution >= 4 is 56.9 Å². The van der Waals surface area contributed by atoms with Crippen molar-refractivity contribution in [1.29, 1.82) is 0 Å². The van der Waals surface area contributed by atoms with Gasteiger partial charge in [0.1, 0.15) is 6.04 Å².